The Kier molecular flexibility index (Phi) is 4.17. The van der Waals surface area contributed by atoms with Crippen molar-refractivity contribution in [1.82, 2.24) is 14.5 Å². The highest BCUT2D eigenvalue weighted by Gasteiger charge is 2.37. The summed E-state index contributed by atoms with van der Waals surface area (Å²) in [6, 6.07) is 22.2. The summed E-state index contributed by atoms with van der Waals surface area (Å²) in [7, 11) is 0. The van der Waals surface area contributed by atoms with E-state index in [1.807, 2.05) is 36.4 Å². The number of aromatic amines is 1. The molecule has 0 unspecified atom stereocenters. The van der Waals surface area contributed by atoms with Crippen LogP contribution >= 0.6 is 0 Å². The van der Waals surface area contributed by atoms with Crippen LogP contribution in [0.2, 0.25) is 0 Å². The average molecular weight is 405 g/mol. The van der Waals surface area contributed by atoms with Gasteiger partial charge in [-0.05, 0) is 31.2 Å². The number of imidazole rings is 1. The van der Waals surface area contributed by atoms with Crippen molar-refractivity contribution >= 4 is 21.8 Å². The number of aryl methyl sites for hydroxylation is 1. The van der Waals surface area contributed by atoms with Gasteiger partial charge in [0.15, 0.2) is 0 Å². The quantitative estimate of drug-likeness (QED) is 0.348. The Balaban J connectivity index is 1.73. The Morgan fingerprint density at radius 1 is 0.833 bits per heavy atom. The predicted octanol–water partition coefficient (Wildman–Crippen LogP) is 6.89. The number of nitrogens with zero attached hydrogens (tertiary/aromatic N) is 2. The lowest BCUT2D eigenvalue weighted by Crippen LogP contribution is -2.07. The molecular weight excluding hydrogens is 387 g/mol. The molecule has 3 nitrogen and oxygen atoms in total. The Labute approximate surface area is 170 Å². The molecule has 0 fully saturated rings. The maximum absolute atomic E-state index is 13.7. The van der Waals surface area contributed by atoms with Gasteiger partial charge in [0.2, 0.25) is 0 Å². The van der Waals surface area contributed by atoms with Crippen LogP contribution in [-0.4, -0.2) is 14.5 Å². The van der Waals surface area contributed by atoms with Crippen molar-refractivity contribution in [1.29, 1.82) is 0 Å². The standard InChI is InChI=1S/C24H18F3N3/c1-2-30-19-11-7-6-10-17(19)18-14-16(12-13-20(18)30)23-28-21(15-8-4-3-5-9-15)22(29-23)24(25,26)27/h3-14H,2H2,1H3,(H,28,29). The number of alkyl halides is 3. The van der Waals surface area contributed by atoms with Gasteiger partial charge in [-0.25, -0.2) is 4.98 Å². The third-order valence-electron chi connectivity index (χ3n) is 5.40. The van der Waals surface area contributed by atoms with Crippen LogP contribution in [0.15, 0.2) is 72.8 Å². The zero-order valence-electron chi connectivity index (χ0n) is 16.2. The van der Waals surface area contributed by atoms with Crippen LogP contribution in [0.25, 0.3) is 44.5 Å². The summed E-state index contributed by atoms with van der Waals surface area (Å²) in [5.74, 6) is 0.205. The van der Waals surface area contributed by atoms with E-state index in [0.29, 0.717) is 11.1 Å². The van der Waals surface area contributed by atoms with Crippen molar-refractivity contribution in [2.24, 2.45) is 0 Å². The van der Waals surface area contributed by atoms with Crippen molar-refractivity contribution < 1.29 is 13.2 Å². The molecule has 5 rings (SSSR count). The molecule has 0 aliphatic carbocycles. The Morgan fingerprint density at radius 3 is 2.27 bits per heavy atom. The number of fused-ring (bicyclic) bond motifs is 3. The van der Waals surface area contributed by atoms with E-state index in [1.165, 1.54) is 0 Å². The van der Waals surface area contributed by atoms with Crippen LogP contribution in [0, 0.1) is 0 Å². The number of hydrogen-bond donors (Lipinski definition) is 1. The van der Waals surface area contributed by atoms with Gasteiger partial charge in [-0.1, -0.05) is 48.5 Å². The number of para-hydroxylation sites is 1. The lowest BCUT2D eigenvalue weighted by Gasteiger charge is -2.06. The minimum absolute atomic E-state index is 0.0887. The van der Waals surface area contributed by atoms with Gasteiger partial charge in [0.05, 0.1) is 0 Å². The summed E-state index contributed by atoms with van der Waals surface area (Å²) < 4.78 is 43.3. The summed E-state index contributed by atoms with van der Waals surface area (Å²) in [4.78, 5) is 6.88. The summed E-state index contributed by atoms with van der Waals surface area (Å²) in [6.45, 7) is 2.88. The first kappa shape index (κ1) is 18.5. The number of rotatable bonds is 3. The minimum atomic E-state index is -4.53. The summed E-state index contributed by atoms with van der Waals surface area (Å²) in [5, 5.41) is 2.07. The van der Waals surface area contributed by atoms with E-state index in [1.54, 1.807) is 30.3 Å². The lowest BCUT2D eigenvalue weighted by atomic mass is 10.1. The highest BCUT2D eigenvalue weighted by atomic mass is 19.4. The number of hydrogen-bond acceptors (Lipinski definition) is 1. The molecule has 0 atom stereocenters. The molecule has 150 valence electrons. The predicted molar refractivity (Wildman–Crippen MR) is 113 cm³/mol. The molecule has 0 saturated heterocycles. The van der Waals surface area contributed by atoms with Gasteiger partial charge in [-0.2, -0.15) is 13.2 Å². The number of nitrogens with one attached hydrogen (secondary N) is 1. The van der Waals surface area contributed by atoms with Crippen molar-refractivity contribution in [3.05, 3.63) is 78.5 Å². The Hall–Kier alpha value is -3.54. The van der Waals surface area contributed by atoms with Gasteiger partial charge >= 0.3 is 6.18 Å². The van der Waals surface area contributed by atoms with Crippen LogP contribution < -0.4 is 0 Å². The summed E-state index contributed by atoms with van der Waals surface area (Å²) >= 11 is 0. The van der Waals surface area contributed by atoms with E-state index in [2.05, 4.69) is 27.5 Å². The highest BCUT2D eigenvalue weighted by molar-refractivity contribution is 6.09. The van der Waals surface area contributed by atoms with E-state index in [-0.39, 0.29) is 11.5 Å². The van der Waals surface area contributed by atoms with E-state index in [0.717, 1.165) is 28.4 Å². The molecule has 5 aromatic rings. The topological polar surface area (TPSA) is 33.6 Å². The molecule has 6 heteroatoms. The molecule has 2 aromatic heterocycles. The van der Waals surface area contributed by atoms with Gasteiger partial charge < -0.3 is 9.55 Å². The van der Waals surface area contributed by atoms with E-state index in [9.17, 15) is 13.2 Å². The molecular formula is C24H18F3N3. The fourth-order valence-electron chi connectivity index (χ4n) is 4.06. The first-order valence-corrected chi connectivity index (χ1v) is 9.71. The molecule has 0 amide bonds. The van der Waals surface area contributed by atoms with E-state index < -0.39 is 11.9 Å². The zero-order chi connectivity index (χ0) is 20.9. The van der Waals surface area contributed by atoms with Crippen molar-refractivity contribution in [3.63, 3.8) is 0 Å². The molecule has 0 aliphatic heterocycles. The number of H-pyrrole nitrogens is 1. The maximum Gasteiger partial charge on any atom is 0.433 e. The van der Waals surface area contributed by atoms with Gasteiger partial charge in [0.25, 0.3) is 0 Å². The molecule has 1 N–H and O–H groups in total. The molecule has 0 spiro atoms. The Bertz CT molecular complexity index is 1360. The molecule has 0 radical (unpaired) electrons. The van der Waals surface area contributed by atoms with Crippen molar-refractivity contribution in [2.45, 2.75) is 19.6 Å². The fraction of sp³-hybridized carbons (Fsp3) is 0.125. The van der Waals surface area contributed by atoms with E-state index in [4.69, 9.17) is 0 Å². The first-order chi connectivity index (χ1) is 14.5. The highest BCUT2D eigenvalue weighted by Crippen LogP contribution is 2.38. The van der Waals surface area contributed by atoms with Crippen LogP contribution in [0.1, 0.15) is 12.6 Å². The molecule has 0 bridgehead atoms. The largest absolute Gasteiger partial charge is 0.433 e. The second kappa shape index (κ2) is 6.76. The minimum Gasteiger partial charge on any atom is -0.341 e. The molecule has 0 aliphatic rings. The molecule has 30 heavy (non-hydrogen) atoms. The number of aromatic nitrogens is 3. The lowest BCUT2D eigenvalue weighted by molar-refractivity contribution is -0.140. The number of halogens is 3. The van der Waals surface area contributed by atoms with Gasteiger partial charge in [-0.15, -0.1) is 0 Å². The maximum atomic E-state index is 13.7. The second-order valence-electron chi connectivity index (χ2n) is 7.17. The summed E-state index contributed by atoms with van der Waals surface area (Å²) in [5.41, 5.74) is 2.28. The third-order valence-corrected chi connectivity index (χ3v) is 5.40. The van der Waals surface area contributed by atoms with Crippen LogP contribution in [-0.2, 0) is 12.7 Å². The first-order valence-electron chi connectivity index (χ1n) is 9.71. The van der Waals surface area contributed by atoms with Crippen LogP contribution in [0.4, 0.5) is 13.2 Å². The third kappa shape index (κ3) is 2.87. The second-order valence-corrected chi connectivity index (χ2v) is 7.17. The van der Waals surface area contributed by atoms with Crippen LogP contribution in [0.3, 0.4) is 0 Å². The zero-order valence-corrected chi connectivity index (χ0v) is 16.2. The normalized spacial score (nSPS) is 12.1. The van der Waals surface area contributed by atoms with Gasteiger partial charge in [-0.3, -0.25) is 0 Å². The smallest absolute Gasteiger partial charge is 0.341 e. The summed E-state index contributed by atoms with van der Waals surface area (Å²) in [6.07, 6.45) is -4.53. The fourth-order valence-corrected chi connectivity index (χ4v) is 4.06. The monoisotopic (exact) mass is 405 g/mol. The van der Waals surface area contributed by atoms with Gasteiger partial charge in [0, 0.05) is 39.5 Å². The van der Waals surface area contributed by atoms with E-state index >= 15 is 0 Å². The number of benzene rings is 3. The van der Waals surface area contributed by atoms with Crippen molar-refractivity contribution in [2.75, 3.05) is 0 Å². The SMILES string of the molecule is CCn1c2ccccc2c2cc(-c3nc(-c4ccccc4)c(C(F)(F)F)[nH]3)ccc21. The Morgan fingerprint density at radius 2 is 1.53 bits per heavy atom. The molecule has 0 saturated carbocycles. The average Bonchev–Trinajstić information content (AvgIpc) is 3.34. The molecule has 3 aromatic carbocycles. The molecule has 2 heterocycles. The van der Waals surface area contributed by atoms with Gasteiger partial charge in [0.1, 0.15) is 17.2 Å². The van der Waals surface area contributed by atoms with Crippen LogP contribution in [0.5, 0.6) is 0 Å². The van der Waals surface area contributed by atoms with Crippen molar-refractivity contribution in [3.8, 4) is 22.6 Å².